The Kier molecular flexibility index (Phi) is 1.26. The van der Waals surface area contributed by atoms with Gasteiger partial charge in [-0.3, -0.25) is 0 Å². The third-order valence-corrected chi connectivity index (χ3v) is 1.68. The minimum absolute atomic E-state index is 0.490. The maximum Gasteiger partial charge on any atom is 0.131 e. The molecule has 1 nitrogen and oxygen atoms in total. The van der Waals surface area contributed by atoms with E-state index in [4.69, 9.17) is 0 Å². The van der Waals surface area contributed by atoms with E-state index in [2.05, 4.69) is 6.58 Å². The van der Waals surface area contributed by atoms with Crippen LogP contribution in [-0.4, -0.2) is 24.2 Å². The number of rotatable bonds is 0. The van der Waals surface area contributed by atoms with Gasteiger partial charge in [-0.2, -0.15) is 0 Å². The van der Waals surface area contributed by atoms with Crippen molar-refractivity contribution in [1.82, 2.24) is 4.90 Å². The average Bonchev–Trinajstić information content (AvgIpc) is 1.79. The van der Waals surface area contributed by atoms with E-state index < -0.39 is 5.67 Å². The number of halogens is 1. The molecule has 1 rings (SSSR count). The van der Waals surface area contributed by atoms with E-state index in [-0.39, 0.29) is 0 Å². The summed E-state index contributed by atoms with van der Waals surface area (Å²) in [6, 6.07) is 0. The summed E-state index contributed by atoms with van der Waals surface area (Å²) in [6.07, 6.45) is 0.490. The Morgan fingerprint density at radius 2 is 2.33 bits per heavy atom. The molecule has 9 heavy (non-hydrogen) atoms. The molecule has 0 bridgehead atoms. The summed E-state index contributed by atoms with van der Waals surface area (Å²) in [7, 11) is 1.87. The Bertz CT molecular complexity index is 140. The topological polar surface area (TPSA) is 3.24 Å². The zero-order valence-corrected chi connectivity index (χ0v) is 5.95. The fourth-order valence-electron chi connectivity index (χ4n) is 1.22. The van der Waals surface area contributed by atoms with Crippen molar-refractivity contribution in [2.75, 3.05) is 13.6 Å². The molecule has 0 saturated carbocycles. The van der Waals surface area contributed by atoms with Gasteiger partial charge in [0, 0.05) is 19.2 Å². The molecular weight excluding hydrogens is 117 g/mol. The number of nitrogens with zero attached hydrogens (tertiary/aromatic N) is 1. The standard InChI is InChI=1S/C7H12FN/c1-6-4-7(2,8)5-9(6)3/h1,4-5H2,2-3H3. The van der Waals surface area contributed by atoms with Crippen LogP contribution in [-0.2, 0) is 0 Å². The molecule has 1 heterocycles. The van der Waals surface area contributed by atoms with Gasteiger partial charge in [-0.1, -0.05) is 6.58 Å². The Morgan fingerprint density at radius 1 is 1.78 bits per heavy atom. The van der Waals surface area contributed by atoms with Crippen molar-refractivity contribution in [2.45, 2.75) is 19.0 Å². The fourth-order valence-corrected chi connectivity index (χ4v) is 1.22. The molecule has 1 fully saturated rings. The summed E-state index contributed by atoms with van der Waals surface area (Å²) < 4.78 is 13.0. The molecule has 0 aliphatic carbocycles. The predicted molar refractivity (Wildman–Crippen MR) is 35.9 cm³/mol. The lowest BCUT2D eigenvalue weighted by Gasteiger charge is -2.12. The summed E-state index contributed by atoms with van der Waals surface area (Å²) >= 11 is 0. The summed E-state index contributed by atoms with van der Waals surface area (Å²) in [4.78, 5) is 1.86. The number of alkyl halides is 1. The number of hydrogen-bond donors (Lipinski definition) is 0. The molecule has 0 aromatic heterocycles. The number of hydrogen-bond acceptors (Lipinski definition) is 1. The summed E-state index contributed by atoms with van der Waals surface area (Å²) in [5.41, 5.74) is -0.133. The van der Waals surface area contributed by atoms with Gasteiger partial charge in [-0.15, -0.1) is 0 Å². The number of allylic oxidation sites excluding steroid dienone is 1. The van der Waals surface area contributed by atoms with E-state index in [1.807, 2.05) is 11.9 Å². The maximum atomic E-state index is 13.0. The molecule has 1 unspecified atom stereocenters. The SMILES string of the molecule is C=C1CC(C)(F)CN1C. The zero-order valence-electron chi connectivity index (χ0n) is 5.95. The van der Waals surface area contributed by atoms with Gasteiger partial charge in [0.2, 0.25) is 0 Å². The minimum Gasteiger partial charge on any atom is -0.375 e. The lowest BCUT2D eigenvalue weighted by molar-refractivity contribution is 0.198. The highest BCUT2D eigenvalue weighted by molar-refractivity contribution is 5.07. The molecule has 0 aromatic carbocycles. The molecule has 1 atom stereocenters. The maximum absolute atomic E-state index is 13.0. The predicted octanol–water partition coefficient (Wildman–Crippen LogP) is 1.56. The van der Waals surface area contributed by atoms with Gasteiger partial charge < -0.3 is 4.90 Å². The van der Waals surface area contributed by atoms with Crippen molar-refractivity contribution in [3.63, 3.8) is 0 Å². The Hall–Kier alpha value is -0.530. The molecule has 0 aromatic rings. The van der Waals surface area contributed by atoms with Crippen LogP contribution in [0.5, 0.6) is 0 Å². The quantitative estimate of drug-likeness (QED) is 0.480. The Morgan fingerprint density at radius 3 is 2.44 bits per heavy atom. The van der Waals surface area contributed by atoms with Crippen molar-refractivity contribution < 1.29 is 4.39 Å². The van der Waals surface area contributed by atoms with E-state index in [0.717, 1.165) is 5.70 Å². The van der Waals surface area contributed by atoms with Gasteiger partial charge in [-0.05, 0) is 6.92 Å². The fraction of sp³-hybridized carbons (Fsp3) is 0.714. The van der Waals surface area contributed by atoms with Gasteiger partial charge in [0.15, 0.2) is 0 Å². The monoisotopic (exact) mass is 129 g/mol. The summed E-state index contributed by atoms with van der Waals surface area (Å²) in [5, 5.41) is 0. The molecule has 2 heteroatoms. The van der Waals surface area contributed by atoms with Gasteiger partial charge in [0.05, 0.1) is 6.54 Å². The minimum atomic E-state index is -1.04. The van der Waals surface area contributed by atoms with E-state index in [9.17, 15) is 4.39 Å². The van der Waals surface area contributed by atoms with Crippen LogP contribution in [0.2, 0.25) is 0 Å². The Balaban J connectivity index is 2.65. The van der Waals surface area contributed by atoms with Crippen molar-refractivity contribution in [3.05, 3.63) is 12.3 Å². The van der Waals surface area contributed by atoms with Crippen LogP contribution in [0.1, 0.15) is 13.3 Å². The summed E-state index contributed by atoms with van der Waals surface area (Å²) in [5.74, 6) is 0. The molecule has 0 amide bonds. The normalized spacial score (nSPS) is 35.9. The van der Waals surface area contributed by atoms with E-state index in [0.29, 0.717) is 13.0 Å². The third kappa shape index (κ3) is 1.23. The molecule has 1 saturated heterocycles. The number of likely N-dealkylation sites (tertiary alicyclic amines) is 1. The van der Waals surface area contributed by atoms with Crippen molar-refractivity contribution in [3.8, 4) is 0 Å². The first-order valence-corrected chi connectivity index (χ1v) is 3.09. The molecule has 52 valence electrons. The van der Waals surface area contributed by atoms with Gasteiger partial charge in [0.1, 0.15) is 5.67 Å². The van der Waals surface area contributed by atoms with Gasteiger partial charge in [-0.25, -0.2) is 4.39 Å². The van der Waals surface area contributed by atoms with Gasteiger partial charge in [0.25, 0.3) is 0 Å². The summed E-state index contributed by atoms with van der Waals surface area (Å²) in [6.45, 7) is 5.82. The third-order valence-electron chi connectivity index (χ3n) is 1.68. The van der Waals surface area contributed by atoms with Gasteiger partial charge >= 0.3 is 0 Å². The lowest BCUT2D eigenvalue weighted by Crippen LogP contribution is -2.22. The molecule has 0 spiro atoms. The zero-order chi connectivity index (χ0) is 7.07. The molecule has 0 radical (unpaired) electrons. The molecule has 1 aliphatic heterocycles. The first-order valence-electron chi connectivity index (χ1n) is 3.09. The van der Waals surface area contributed by atoms with Crippen molar-refractivity contribution in [2.24, 2.45) is 0 Å². The highest BCUT2D eigenvalue weighted by atomic mass is 19.1. The van der Waals surface area contributed by atoms with Crippen LogP contribution >= 0.6 is 0 Å². The lowest BCUT2D eigenvalue weighted by atomic mass is 10.1. The van der Waals surface area contributed by atoms with Crippen LogP contribution in [0.15, 0.2) is 12.3 Å². The average molecular weight is 129 g/mol. The van der Waals surface area contributed by atoms with E-state index >= 15 is 0 Å². The largest absolute Gasteiger partial charge is 0.375 e. The van der Waals surface area contributed by atoms with Crippen LogP contribution in [0.25, 0.3) is 0 Å². The van der Waals surface area contributed by atoms with Crippen LogP contribution < -0.4 is 0 Å². The van der Waals surface area contributed by atoms with Crippen molar-refractivity contribution in [1.29, 1.82) is 0 Å². The van der Waals surface area contributed by atoms with Crippen LogP contribution in [0.3, 0.4) is 0 Å². The van der Waals surface area contributed by atoms with E-state index in [1.165, 1.54) is 0 Å². The second kappa shape index (κ2) is 1.72. The molecule has 0 N–H and O–H groups in total. The highest BCUT2D eigenvalue weighted by Gasteiger charge is 2.33. The first-order chi connectivity index (χ1) is 4.01. The smallest absolute Gasteiger partial charge is 0.131 e. The highest BCUT2D eigenvalue weighted by Crippen LogP contribution is 2.29. The van der Waals surface area contributed by atoms with Crippen LogP contribution in [0, 0.1) is 0 Å². The molecular formula is C7H12FN. The molecule has 1 aliphatic rings. The van der Waals surface area contributed by atoms with E-state index in [1.54, 1.807) is 6.92 Å². The second-order valence-corrected chi connectivity index (χ2v) is 3.01. The Labute approximate surface area is 55.2 Å². The first kappa shape index (κ1) is 6.59. The van der Waals surface area contributed by atoms with Crippen molar-refractivity contribution >= 4 is 0 Å². The second-order valence-electron chi connectivity index (χ2n) is 3.01. The van der Waals surface area contributed by atoms with Crippen LogP contribution in [0.4, 0.5) is 4.39 Å².